The Kier molecular flexibility index (Phi) is 4.43. The zero-order valence-corrected chi connectivity index (χ0v) is 10.5. The Morgan fingerprint density at radius 1 is 1.14 bits per heavy atom. The first kappa shape index (κ1) is 12.0. The maximum atomic E-state index is 3.75. The van der Waals surface area contributed by atoms with Gasteiger partial charge in [-0.2, -0.15) is 0 Å². The standard InChI is InChI=1S/C13H27N/c1-6-10(4)11(5)14-13-7-12(8-13)9(2)3/h9-14H,6-8H2,1-5H3. The van der Waals surface area contributed by atoms with Gasteiger partial charge in [-0.3, -0.25) is 0 Å². The van der Waals surface area contributed by atoms with Crippen molar-refractivity contribution in [2.24, 2.45) is 17.8 Å². The molecule has 2 atom stereocenters. The summed E-state index contributed by atoms with van der Waals surface area (Å²) < 4.78 is 0. The van der Waals surface area contributed by atoms with Gasteiger partial charge < -0.3 is 5.32 Å². The fourth-order valence-electron chi connectivity index (χ4n) is 2.23. The SMILES string of the molecule is CCC(C)C(C)NC1CC(C(C)C)C1. The van der Waals surface area contributed by atoms with E-state index in [1.807, 2.05) is 0 Å². The monoisotopic (exact) mass is 197 g/mol. The van der Waals surface area contributed by atoms with Gasteiger partial charge in [0.2, 0.25) is 0 Å². The smallest absolute Gasteiger partial charge is 0.00751 e. The molecule has 1 nitrogen and oxygen atoms in total. The second-order valence-corrected chi connectivity index (χ2v) is 5.51. The van der Waals surface area contributed by atoms with E-state index in [2.05, 4.69) is 39.9 Å². The lowest BCUT2D eigenvalue weighted by Gasteiger charge is -2.41. The largest absolute Gasteiger partial charge is 0.311 e. The third kappa shape index (κ3) is 2.98. The lowest BCUT2D eigenvalue weighted by molar-refractivity contribution is 0.149. The van der Waals surface area contributed by atoms with Crippen molar-refractivity contribution in [1.29, 1.82) is 0 Å². The minimum Gasteiger partial charge on any atom is -0.311 e. The van der Waals surface area contributed by atoms with E-state index in [1.165, 1.54) is 19.3 Å². The molecule has 0 amide bonds. The van der Waals surface area contributed by atoms with Crippen LogP contribution in [0.25, 0.3) is 0 Å². The van der Waals surface area contributed by atoms with Gasteiger partial charge >= 0.3 is 0 Å². The number of rotatable bonds is 5. The normalized spacial score (nSPS) is 31.3. The van der Waals surface area contributed by atoms with Crippen molar-refractivity contribution in [3.8, 4) is 0 Å². The molecule has 1 aliphatic rings. The summed E-state index contributed by atoms with van der Waals surface area (Å²) in [4.78, 5) is 0. The Labute approximate surface area is 89.7 Å². The molecule has 0 saturated heterocycles. The van der Waals surface area contributed by atoms with Crippen molar-refractivity contribution in [1.82, 2.24) is 5.32 Å². The molecule has 0 spiro atoms. The zero-order valence-electron chi connectivity index (χ0n) is 10.5. The van der Waals surface area contributed by atoms with Gasteiger partial charge in [0, 0.05) is 12.1 Å². The molecule has 2 unspecified atom stereocenters. The molecule has 1 rings (SSSR count). The Morgan fingerprint density at radius 3 is 2.14 bits per heavy atom. The molecule has 14 heavy (non-hydrogen) atoms. The van der Waals surface area contributed by atoms with Gasteiger partial charge in [0.05, 0.1) is 0 Å². The summed E-state index contributed by atoms with van der Waals surface area (Å²) in [7, 11) is 0. The number of hydrogen-bond donors (Lipinski definition) is 1. The minimum absolute atomic E-state index is 0.693. The molecule has 0 aliphatic heterocycles. The highest BCUT2D eigenvalue weighted by Gasteiger charge is 2.32. The molecule has 0 aromatic rings. The van der Waals surface area contributed by atoms with Crippen LogP contribution in [-0.2, 0) is 0 Å². The van der Waals surface area contributed by atoms with E-state index in [0.717, 1.165) is 23.8 Å². The van der Waals surface area contributed by atoms with Gasteiger partial charge in [-0.25, -0.2) is 0 Å². The fourth-order valence-corrected chi connectivity index (χ4v) is 2.23. The number of nitrogens with one attached hydrogen (secondary N) is 1. The van der Waals surface area contributed by atoms with Crippen molar-refractivity contribution in [3.05, 3.63) is 0 Å². The number of hydrogen-bond acceptors (Lipinski definition) is 1. The van der Waals surface area contributed by atoms with Crippen LogP contribution in [-0.4, -0.2) is 12.1 Å². The van der Waals surface area contributed by atoms with E-state index in [9.17, 15) is 0 Å². The average molecular weight is 197 g/mol. The quantitative estimate of drug-likeness (QED) is 0.712. The molecule has 1 N–H and O–H groups in total. The molecular weight excluding hydrogens is 170 g/mol. The van der Waals surface area contributed by atoms with Crippen LogP contribution < -0.4 is 5.32 Å². The van der Waals surface area contributed by atoms with Gasteiger partial charge in [-0.1, -0.05) is 34.1 Å². The Balaban J connectivity index is 2.16. The molecule has 0 aromatic heterocycles. The first-order chi connectivity index (χ1) is 6.54. The van der Waals surface area contributed by atoms with E-state index in [1.54, 1.807) is 0 Å². The van der Waals surface area contributed by atoms with Crippen molar-refractivity contribution in [2.75, 3.05) is 0 Å². The summed E-state index contributed by atoms with van der Waals surface area (Å²) in [5.74, 6) is 2.68. The second-order valence-electron chi connectivity index (χ2n) is 5.51. The average Bonchev–Trinajstić information content (AvgIpc) is 2.07. The van der Waals surface area contributed by atoms with Crippen LogP contribution >= 0.6 is 0 Å². The Hall–Kier alpha value is -0.0400. The minimum atomic E-state index is 0.693. The van der Waals surface area contributed by atoms with E-state index >= 15 is 0 Å². The molecule has 1 aliphatic carbocycles. The first-order valence-corrected chi connectivity index (χ1v) is 6.30. The highest BCUT2D eigenvalue weighted by Crippen LogP contribution is 2.34. The molecular formula is C13H27N. The Bertz CT molecular complexity index is 159. The summed E-state index contributed by atoms with van der Waals surface area (Å²) in [5, 5.41) is 3.75. The molecule has 0 heterocycles. The Morgan fingerprint density at radius 2 is 1.71 bits per heavy atom. The van der Waals surface area contributed by atoms with E-state index in [4.69, 9.17) is 0 Å². The lowest BCUT2D eigenvalue weighted by atomic mass is 9.73. The van der Waals surface area contributed by atoms with Crippen LogP contribution in [0.4, 0.5) is 0 Å². The molecule has 1 heteroatoms. The van der Waals surface area contributed by atoms with Crippen LogP contribution in [0, 0.1) is 17.8 Å². The molecule has 1 saturated carbocycles. The predicted octanol–water partition coefficient (Wildman–Crippen LogP) is 3.45. The summed E-state index contributed by atoms with van der Waals surface area (Å²) in [6, 6.07) is 1.50. The molecule has 0 bridgehead atoms. The van der Waals surface area contributed by atoms with Crippen LogP contribution in [0.5, 0.6) is 0 Å². The zero-order chi connectivity index (χ0) is 10.7. The van der Waals surface area contributed by atoms with Crippen molar-refractivity contribution in [3.63, 3.8) is 0 Å². The molecule has 0 radical (unpaired) electrons. The summed E-state index contributed by atoms with van der Waals surface area (Å²) in [6.07, 6.45) is 4.09. The van der Waals surface area contributed by atoms with Crippen molar-refractivity contribution in [2.45, 2.75) is 66.0 Å². The van der Waals surface area contributed by atoms with Crippen molar-refractivity contribution >= 4 is 0 Å². The van der Waals surface area contributed by atoms with Gasteiger partial charge in [-0.05, 0) is 37.5 Å². The fraction of sp³-hybridized carbons (Fsp3) is 1.00. The van der Waals surface area contributed by atoms with Crippen LogP contribution in [0.15, 0.2) is 0 Å². The van der Waals surface area contributed by atoms with Crippen LogP contribution in [0.3, 0.4) is 0 Å². The van der Waals surface area contributed by atoms with Crippen LogP contribution in [0.1, 0.15) is 53.9 Å². The van der Waals surface area contributed by atoms with E-state index in [0.29, 0.717) is 6.04 Å². The summed E-state index contributed by atoms with van der Waals surface area (Å²) in [5.41, 5.74) is 0. The first-order valence-electron chi connectivity index (χ1n) is 6.30. The maximum Gasteiger partial charge on any atom is 0.00751 e. The van der Waals surface area contributed by atoms with Gasteiger partial charge in [0.15, 0.2) is 0 Å². The predicted molar refractivity (Wildman–Crippen MR) is 63.4 cm³/mol. The lowest BCUT2D eigenvalue weighted by Crippen LogP contribution is -2.48. The topological polar surface area (TPSA) is 12.0 Å². The molecule has 0 aromatic carbocycles. The second kappa shape index (κ2) is 5.16. The molecule has 84 valence electrons. The van der Waals surface area contributed by atoms with Gasteiger partial charge in [0.25, 0.3) is 0 Å². The van der Waals surface area contributed by atoms with Crippen molar-refractivity contribution < 1.29 is 0 Å². The van der Waals surface area contributed by atoms with Gasteiger partial charge in [-0.15, -0.1) is 0 Å². The third-order valence-electron chi connectivity index (χ3n) is 4.11. The summed E-state index contributed by atoms with van der Waals surface area (Å²) in [6.45, 7) is 11.6. The highest BCUT2D eigenvalue weighted by atomic mass is 15.0. The van der Waals surface area contributed by atoms with E-state index in [-0.39, 0.29) is 0 Å². The highest BCUT2D eigenvalue weighted by molar-refractivity contribution is 4.88. The van der Waals surface area contributed by atoms with Crippen LogP contribution in [0.2, 0.25) is 0 Å². The van der Waals surface area contributed by atoms with E-state index < -0.39 is 0 Å². The molecule has 1 fully saturated rings. The maximum absolute atomic E-state index is 3.75. The van der Waals surface area contributed by atoms with Gasteiger partial charge in [0.1, 0.15) is 0 Å². The summed E-state index contributed by atoms with van der Waals surface area (Å²) >= 11 is 0. The third-order valence-corrected chi connectivity index (χ3v) is 4.11.